The predicted molar refractivity (Wildman–Crippen MR) is 97.1 cm³/mol. The number of hydrogen-bond donors (Lipinski definition) is 0. The lowest BCUT2D eigenvalue weighted by atomic mass is 10.2. The van der Waals surface area contributed by atoms with Gasteiger partial charge in [-0.15, -0.1) is 22.0 Å². The van der Waals surface area contributed by atoms with E-state index in [1.807, 2.05) is 48.5 Å². The summed E-state index contributed by atoms with van der Waals surface area (Å²) in [6.45, 7) is 0.602. The first-order valence-electron chi connectivity index (χ1n) is 7.30. The molecule has 0 saturated carbocycles. The second-order valence-corrected chi connectivity index (χ2v) is 6.38. The topological polar surface area (TPSA) is 52.3 Å². The molecule has 2 aromatic carbocycles. The molecule has 0 bridgehead atoms. The molecule has 3 aromatic rings. The van der Waals surface area contributed by atoms with E-state index in [1.54, 1.807) is 18.0 Å². The highest BCUT2D eigenvalue weighted by Gasteiger charge is 2.01. The van der Waals surface area contributed by atoms with E-state index in [0.717, 1.165) is 22.1 Å². The van der Waals surface area contributed by atoms with Gasteiger partial charge in [0.15, 0.2) is 0 Å². The Bertz CT molecular complexity index is 791. The molecule has 1 heterocycles. The minimum absolute atomic E-state index is 0.602. The molecule has 0 saturated heterocycles. The first kappa shape index (κ1) is 16.5. The molecule has 5 nitrogen and oxygen atoms in total. The largest absolute Gasteiger partial charge is 0.492 e. The zero-order valence-electron chi connectivity index (χ0n) is 12.7. The van der Waals surface area contributed by atoms with Gasteiger partial charge in [-0.1, -0.05) is 23.7 Å². The molecule has 7 heteroatoms. The molecule has 0 fully saturated rings. The lowest BCUT2D eigenvalue weighted by Gasteiger charge is -2.08. The van der Waals surface area contributed by atoms with Gasteiger partial charge in [-0.25, -0.2) is 4.68 Å². The third kappa shape index (κ3) is 4.84. The molecule has 122 valence electrons. The third-order valence-corrected chi connectivity index (χ3v) is 4.31. The first-order valence-corrected chi connectivity index (χ1v) is 8.67. The van der Waals surface area contributed by atoms with Crippen LogP contribution in [0.15, 0.2) is 71.2 Å². The van der Waals surface area contributed by atoms with Crippen LogP contribution < -0.4 is 4.74 Å². The molecule has 0 aliphatic carbocycles. The number of nitrogens with zero attached hydrogens (tertiary/aromatic N) is 4. The molecule has 0 aliphatic rings. The average molecular weight is 359 g/mol. The van der Waals surface area contributed by atoms with Gasteiger partial charge in [0, 0.05) is 21.2 Å². The fourth-order valence-corrected chi connectivity index (χ4v) is 2.80. The zero-order chi connectivity index (χ0) is 16.6. The van der Waals surface area contributed by atoms with Crippen molar-refractivity contribution < 1.29 is 4.74 Å². The second kappa shape index (κ2) is 8.52. The zero-order valence-corrected chi connectivity index (χ0v) is 14.3. The highest BCUT2D eigenvalue weighted by atomic mass is 35.5. The average Bonchev–Trinajstić information content (AvgIpc) is 3.13. The lowest BCUT2D eigenvalue weighted by Crippen LogP contribution is -2.02. The molecule has 3 rings (SSSR count). The molecule has 0 spiro atoms. The van der Waals surface area contributed by atoms with Crippen LogP contribution in [0.2, 0.25) is 5.02 Å². The van der Waals surface area contributed by atoms with Crippen LogP contribution in [-0.2, 0) is 0 Å². The summed E-state index contributed by atoms with van der Waals surface area (Å²) in [5, 5.41) is 12.4. The van der Waals surface area contributed by atoms with Crippen molar-refractivity contribution in [3.63, 3.8) is 0 Å². The Morgan fingerprint density at radius 1 is 1.08 bits per heavy atom. The Kier molecular flexibility index (Phi) is 5.87. The molecule has 0 radical (unpaired) electrons. The van der Waals surface area contributed by atoms with Crippen LogP contribution in [0, 0.1) is 0 Å². The maximum absolute atomic E-state index is 5.88. The van der Waals surface area contributed by atoms with Gasteiger partial charge in [0.1, 0.15) is 18.4 Å². The molecule has 0 unspecified atom stereocenters. The van der Waals surface area contributed by atoms with Crippen molar-refractivity contribution >= 4 is 29.6 Å². The summed E-state index contributed by atoms with van der Waals surface area (Å²) in [5.41, 5.74) is 0.905. The number of rotatable bonds is 7. The van der Waals surface area contributed by atoms with Crippen LogP contribution in [0.1, 0.15) is 5.56 Å². The molecule has 1 aromatic heterocycles. The number of ether oxygens (including phenoxy) is 1. The van der Waals surface area contributed by atoms with E-state index < -0.39 is 0 Å². The van der Waals surface area contributed by atoms with Gasteiger partial charge in [0.05, 0.1) is 12.8 Å². The van der Waals surface area contributed by atoms with Crippen molar-refractivity contribution in [3.8, 4) is 5.75 Å². The van der Waals surface area contributed by atoms with Crippen molar-refractivity contribution in [2.45, 2.75) is 4.90 Å². The summed E-state index contributed by atoms with van der Waals surface area (Å²) in [6, 6.07) is 15.6. The fraction of sp³-hybridized carbons (Fsp3) is 0.118. The minimum Gasteiger partial charge on any atom is -0.492 e. The number of halogens is 1. The van der Waals surface area contributed by atoms with Crippen LogP contribution in [0.4, 0.5) is 0 Å². The maximum atomic E-state index is 5.88. The van der Waals surface area contributed by atoms with Crippen LogP contribution in [0.3, 0.4) is 0 Å². The molecule has 0 amide bonds. The Balaban J connectivity index is 1.54. The van der Waals surface area contributed by atoms with E-state index in [-0.39, 0.29) is 0 Å². The van der Waals surface area contributed by atoms with Gasteiger partial charge >= 0.3 is 0 Å². The quantitative estimate of drug-likeness (QED) is 0.364. The van der Waals surface area contributed by atoms with Crippen LogP contribution >= 0.6 is 23.4 Å². The Morgan fingerprint density at radius 3 is 2.62 bits per heavy atom. The minimum atomic E-state index is 0.602. The van der Waals surface area contributed by atoms with Crippen molar-refractivity contribution in [1.29, 1.82) is 0 Å². The van der Waals surface area contributed by atoms with Crippen LogP contribution in [0.25, 0.3) is 0 Å². The highest BCUT2D eigenvalue weighted by molar-refractivity contribution is 7.99. The molecule has 0 atom stereocenters. The maximum Gasteiger partial charge on any atom is 0.141 e. The molecular formula is C17H15ClN4OS. The van der Waals surface area contributed by atoms with Crippen LogP contribution in [0.5, 0.6) is 5.75 Å². The van der Waals surface area contributed by atoms with Crippen molar-refractivity contribution in [1.82, 2.24) is 14.9 Å². The van der Waals surface area contributed by atoms with E-state index in [2.05, 4.69) is 15.3 Å². The van der Waals surface area contributed by atoms with Gasteiger partial charge in [0.25, 0.3) is 0 Å². The van der Waals surface area contributed by atoms with E-state index >= 15 is 0 Å². The molecule has 0 N–H and O–H groups in total. The number of hydrogen-bond acceptors (Lipinski definition) is 5. The van der Waals surface area contributed by atoms with Gasteiger partial charge in [0.2, 0.25) is 0 Å². The van der Waals surface area contributed by atoms with E-state index in [1.165, 1.54) is 22.2 Å². The second-order valence-electron chi connectivity index (χ2n) is 4.78. The summed E-state index contributed by atoms with van der Waals surface area (Å²) < 4.78 is 7.41. The SMILES string of the molecule is Clc1ccc(SCCOc2ccccc2/C=N/n2cnnc2)cc1. The normalized spacial score (nSPS) is 11.0. The molecular weight excluding hydrogens is 344 g/mol. The third-order valence-electron chi connectivity index (χ3n) is 3.08. The van der Waals surface area contributed by atoms with Crippen molar-refractivity contribution in [3.05, 3.63) is 71.8 Å². The van der Waals surface area contributed by atoms with Crippen LogP contribution in [-0.4, -0.2) is 33.4 Å². The lowest BCUT2D eigenvalue weighted by molar-refractivity contribution is 0.343. The summed E-state index contributed by atoms with van der Waals surface area (Å²) in [6.07, 6.45) is 4.79. The monoisotopic (exact) mass is 358 g/mol. The summed E-state index contributed by atoms with van der Waals surface area (Å²) in [7, 11) is 0. The fourth-order valence-electron chi connectivity index (χ4n) is 1.94. The Hall–Kier alpha value is -2.31. The predicted octanol–water partition coefficient (Wildman–Crippen LogP) is 3.98. The van der Waals surface area contributed by atoms with Crippen molar-refractivity contribution in [2.24, 2.45) is 5.10 Å². The summed E-state index contributed by atoms with van der Waals surface area (Å²) >= 11 is 7.61. The smallest absolute Gasteiger partial charge is 0.141 e. The standard InChI is InChI=1S/C17H15ClN4OS/c18-15-5-7-16(8-6-15)24-10-9-23-17-4-2-1-3-14(17)11-21-22-12-19-20-13-22/h1-8,11-13H,9-10H2/b21-11+. The molecule has 0 aliphatic heterocycles. The number of benzene rings is 2. The summed E-state index contributed by atoms with van der Waals surface area (Å²) in [5.74, 6) is 1.64. The number of thioether (sulfide) groups is 1. The van der Waals surface area contributed by atoms with Gasteiger partial charge in [-0.2, -0.15) is 5.10 Å². The summed E-state index contributed by atoms with van der Waals surface area (Å²) in [4.78, 5) is 1.17. The van der Waals surface area contributed by atoms with Gasteiger partial charge in [-0.05, 0) is 36.4 Å². The Morgan fingerprint density at radius 2 is 1.83 bits per heavy atom. The van der Waals surface area contributed by atoms with Crippen molar-refractivity contribution in [2.75, 3.05) is 12.4 Å². The Labute approximate surface area is 149 Å². The highest BCUT2D eigenvalue weighted by Crippen LogP contribution is 2.21. The van der Waals surface area contributed by atoms with E-state index in [4.69, 9.17) is 16.3 Å². The number of para-hydroxylation sites is 1. The van der Waals surface area contributed by atoms with E-state index in [0.29, 0.717) is 6.61 Å². The number of aromatic nitrogens is 3. The van der Waals surface area contributed by atoms with Gasteiger partial charge < -0.3 is 4.74 Å². The van der Waals surface area contributed by atoms with Gasteiger partial charge in [-0.3, -0.25) is 0 Å². The first-order chi connectivity index (χ1) is 11.8. The molecule has 24 heavy (non-hydrogen) atoms. The van der Waals surface area contributed by atoms with E-state index in [9.17, 15) is 0 Å².